The molecule has 16 heavy (non-hydrogen) atoms. The molecule has 1 saturated heterocycles. The van der Waals surface area contributed by atoms with Crippen molar-refractivity contribution in [2.24, 2.45) is 5.73 Å². The lowest BCUT2D eigenvalue weighted by atomic mass is 10.1. The Morgan fingerprint density at radius 2 is 1.94 bits per heavy atom. The lowest BCUT2D eigenvalue weighted by Crippen LogP contribution is -2.40. The number of aromatic nitrogens is 2. The number of piperidine rings is 1. The number of likely N-dealkylation sites (tertiary alicyclic amines) is 1. The molecule has 0 aliphatic carbocycles. The highest BCUT2D eigenvalue weighted by Crippen LogP contribution is 2.08. The van der Waals surface area contributed by atoms with Crippen molar-refractivity contribution in [2.45, 2.75) is 31.7 Å². The standard InChI is InChI=1S/C12H20N4/c13-11-4-9-16(10-5-11)8-1-3-12-14-6-2-7-15-12/h2,6-7,11H,1,3-5,8-10,13H2. The lowest BCUT2D eigenvalue weighted by Gasteiger charge is -2.29. The highest BCUT2D eigenvalue weighted by atomic mass is 15.1. The summed E-state index contributed by atoms with van der Waals surface area (Å²) >= 11 is 0. The van der Waals surface area contributed by atoms with Gasteiger partial charge in [0, 0.05) is 24.9 Å². The molecule has 2 rings (SSSR count). The van der Waals surface area contributed by atoms with Crippen LogP contribution in [0.3, 0.4) is 0 Å². The first-order chi connectivity index (χ1) is 7.84. The van der Waals surface area contributed by atoms with Crippen molar-refractivity contribution < 1.29 is 0 Å². The van der Waals surface area contributed by atoms with Gasteiger partial charge in [0.1, 0.15) is 5.82 Å². The Labute approximate surface area is 96.9 Å². The van der Waals surface area contributed by atoms with Crippen LogP contribution in [0.15, 0.2) is 18.5 Å². The molecule has 0 spiro atoms. The van der Waals surface area contributed by atoms with Crippen LogP contribution in [-0.4, -0.2) is 40.5 Å². The van der Waals surface area contributed by atoms with Gasteiger partial charge in [0.15, 0.2) is 0 Å². The van der Waals surface area contributed by atoms with Gasteiger partial charge in [0.05, 0.1) is 0 Å². The molecule has 0 bridgehead atoms. The number of hydrogen-bond donors (Lipinski definition) is 1. The van der Waals surface area contributed by atoms with Crippen LogP contribution in [-0.2, 0) is 6.42 Å². The third-order valence-electron chi connectivity index (χ3n) is 3.13. The van der Waals surface area contributed by atoms with Crippen molar-refractivity contribution in [3.8, 4) is 0 Å². The van der Waals surface area contributed by atoms with E-state index in [1.165, 1.54) is 0 Å². The molecule has 0 radical (unpaired) electrons. The summed E-state index contributed by atoms with van der Waals surface area (Å²) in [4.78, 5) is 10.9. The minimum atomic E-state index is 0.425. The molecule has 1 aromatic rings. The molecule has 1 fully saturated rings. The number of aryl methyl sites for hydroxylation is 1. The molecule has 1 aliphatic rings. The lowest BCUT2D eigenvalue weighted by molar-refractivity contribution is 0.211. The third kappa shape index (κ3) is 3.54. The molecule has 0 amide bonds. The molecule has 4 heteroatoms. The summed E-state index contributed by atoms with van der Waals surface area (Å²) in [6.07, 6.45) is 8.01. The first-order valence-electron chi connectivity index (χ1n) is 6.08. The minimum absolute atomic E-state index is 0.425. The van der Waals surface area contributed by atoms with Gasteiger partial charge in [-0.3, -0.25) is 0 Å². The summed E-state index contributed by atoms with van der Waals surface area (Å²) in [5.41, 5.74) is 5.87. The zero-order valence-corrected chi connectivity index (χ0v) is 9.68. The second kappa shape index (κ2) is 5.92. The Morgan fingerprint density at radius 1 is 1.25 bits per heavy atom. The Kier molecular flexibility index (Phi) is 4.25. The van der Waals surface area contributed by atoms with Crippen LogP contribution < -0.4 is 5.73 Å². The van der Waals surface area contributed by atoms with Gasteiger partial charge in [-0.05, 0) is 45.0 Å². The summed E-state index contributed by atoms with van der Waals surface area (Å²) in [6, 6.07) is 2.28. The van der Waals surface area contributed by atoms with E-state index in [1.807, 2.05) is 18.5 Å². The smallest absolute Gasteiger partial charge is 0.128 e. The monoisotopic (exact) mass is 220 g/mol. The molecule has 2 heterocycles. The molecule has 1 aromatic heterocycles. The van der Waals surface area contributed by atoms with Crippen LogP contribution in [0.25, 0.3) is 0 Å². The SMILES string of the molecule is NC1CCN(CCCc2ncccn2)CC1. The Morgan fingerprint density at radius 3 is 2.62 bits per heavy atom. The van der Waals surface area contributed by atoms with Crippen molar-refractivity contribution >= 4 is 0 Å². The molecule has 0 saturated carbocycles. The van der Waals surface area contributed by atoms with Crippen molar-refractivity contribution in [3.05, 3.63) is 24.3 Å². The quantitative estimate of drug-likeness (QED) is 0.816. The molecule has 2 N–H and O–H groups in total. The van der Waals surface area contributed by atoms with Crippen LogP contribution in [0.2, 0.25) is 0 Å². The van der Waals surface area contributed by atoms with E-state index in [4.69, 9.17) is 5.73 Å². The fourth-order valence-electron chi connectivity index (χ4n) is 2.10. The predicted octanol–water partition coefficient (Wildman–Crippen LogP) is 0.832. The Hall–Kier alpha value is -1.00. The molecule has 0 aromatic carbocycles. The van der Waals surface area contributed by atoms with E-state index in [-0.39, 0.29) is 0 Å². The van der Waals surface area contributed by atoms with Crippen LogP contribution in [0.1, 0.15) is 25.1 Å². The zero-order chi connectivity index (χ0) is 11.2. The van der Waals surface area contributed by atoms with E-state index < -0.39 is 0 Å². The van der Waals surface area contributed by atoms with Crippen LogP contribution in [0, 0.1) is 0 Å². The van der Waals surface area contributed by atoms with Gasteiger partial charge in [-0.15, -0.1) is 0 Å². The molecular formula is C12H20N4. The van der Waals surface area contributed by atoms with Crippen molar-refractivity contribution in [2.75, 3.05) is 19.6 Å². The fraction of sp³-hybridized carbons (Fsp3) is 0.667. The van der Waals surface area contributed by atoms with Gasteiger partial charge in [-0.1, -0.05) is 0 Å². The van der Waals surface area contributed by atoms with Crippen LogP contribution in [0.4, 0.5) is 0 Å². The van der Waals surface area contributed by atoms with Crippen LogP contribution >= 0.6 is 0 Å². The topological polar surface area (TPSA) is 55.0 Å². The molecule has 0 unspecified atom stereocenters. The van der Waals surface area contributed by atoms with Crippen molar-refractivity contribution in [3.63, 3.8) is 0 Å². The van der Waals surface area contributed by atoms with Crippen LogP contribution in [0.5, 0.6) is 0 Å². The van der Waals surface area contributed by atoms with Crippen molar-refractivity contribution in [1.82, 2.24) is 14.9 Å². The molecular weight excluding hydrogens is 200 g/mol. The van der Waals surface area contributed by atoms with E-state index in [0.717, 1.165) is 51.1 Å². The van der Waals surface area contributed by atoms with Gasteiger partial charge in [-0.2, -0.15) is 0 Å². The van der Waals surface area contributed by atoms with E-state index >= 15 is 0 Å². The second-order valence-electron chi connectivity index (χ2n) is 4.45. The highest BCUT2D eigenvalue weighted by Gasteiger charge is 2.15. The molecule has 0 atom stereocenters. The summed E-state index contributed by atoms with van der Waals surface area (Å²) in [7, 11) is 0. The second-order valence-corrected chi connectivity index (χ2v) is 4.45. The normalized spacial score (nSPS) is 18.8. The summed E-state index contributed by atoms with van der Waals surface area (Å²) in [5.74, 6) is 0.955. The van der Waals surface area contributed by atoms with Crippen molar-refractivity contribution in [1.29, 1.82) is 0 Å². The van der Waals surface area contributed by atoms with E-state index in [2.05, 4.69) is 14.9 Å². The summed E-state index contributed by atoms with van der Waals surface area (Å²) < 4.78 is 0. The zero-order valence-electron chi connectivity index (χ0n) is 9.68. The van der Waals surface area contributed by atoms with Gasteiger partial charge in [-0.25, -0.2) is 9.97 Å². The minimum Gasteiger partial charge on any atom is -0.328 e. The average molecular weight is 220 g/mol. The maximum Gasteiger partial charge on any atom is 0.128 e. The molecule has 88 valence electrons. The van der Waals surface area contributed by atoms with E-state index in [9.17, 15) is 0 Å². The summed E-state index contributed by atoms with van der Waals surface area (Å²) in [5, 5.41) is 0. The Bertz CT molecular complexity index is 293. The number of nitrogens with zero attached hydrogens (tertiary/aromatic N) is 3. The summed E-state index contributed by atoms with van der Waals surface area (Å²) in [6.45, 7) is 3.44. The third-order valence-corrected chi connectivity index (χ3v) is 3.13. The predicted molar refractivity (Wildman–Crippen MR) is 64.0 cm³/mol. The van der Waals surface area contributed by atoms with Gasteiger partial charge >= 0.3 is 0 Å². The highest BCUT2D eigenvalue weighted by molar-refractivity contribution is 4.88. The largest absolute Gasteiger partial charge is 0.328 e. The maximum absolute atomic E-state index is 5.87. The number of nitrogens with two attached hydrogens (primary N) is 1. The van der Waals surface area contributed by atoms with E-state index in [1.54, 1.807) is 0 Å². The fourth-order valence-corrected chi connectivity index (χ4v) is 2.10. The van der Waals surface area contributed by atoms with E-state index in [0.29, 0.717) is 6.04 Å². The Balaban J connectivity index is 1.65. The number of hydrogen-bond acceptors (Lipinski definition) is 4. The molecule has 4 nitrogen and oxygen atoms in total. The maximum atomic E-state index is 5.87. The first-order valence-corrected chi connectivity index (χ1v) is 6.08. The van der Waals surface area contributed by atoms with Gasteiger partial charge in [0.25, 0.3) is 0 Å². The first kappa shape index (κ1) is 11.5. The average Bonchev–Trinajstić information content (AvgIpc) is 2.33. The van der Waals surface area contributed by atoms with Gasteiger partial charge in [0.2, 0.25) is 0 Å². The molecule has 1 aliphatic heterocycles. The van der Waals surface area contributed by atoms with Gasteiger partial charge < -0.3 is 10.6 Å². The number of rotatable bonds is 4.